The minimum Gasteiger partial charge on any atom is -0.748 e. The monoisotopic (exact) mass is 507 g/mol. The molecule has 10 saturated heterocycles. The SMILES string of the molecule is CCCCCCCCCCCC[N+](C)(C)C[C]12[CH]3[CH]4[CH]5[CH]1[Fe]45321678[CH]2[CH]1[CH]6[CH]7[CH]28.CS(=O)(=O)[O-]. The Bertz CT molecular complexity index is 1270. The van der Waals surface area contributed by atoms with E-state index in [9.17, 15) is 0 Å². The second kappa shape index (κ2) is 2.77. The molecule has 0 amide bonds. The number of rotatable bonds is 13. The van der Waals surface area contributed by atoms with Gasteiger partial charge in [0.2, 0.25) is 0 Å². The molecule has 10 aliphatic heterocycles. The molecular weight excluding hydrogens is 462 g/mol. The van der Waals surface area contributed by atoms with Gasteiger partial charge in [-0.3, -0.25) is 0 Å². The van der Waals surface area contributed by atoms with E-state index in [-0.39, 0.29) is 0 Å². The summed E-state index contributed by atoms with van der Waals surface area (Å²) in [7, 11) is 1.36. The van der Waals surface area contributed by atoms with Crippen LogP contribution < -0.4 is 0 Å². The summed E-state index contributed by atoms with van der Waals surface area (Å²) in [4.78, 5) is 13.7. The van der Waals surface area contributed by atoms with E-state index < -0.39 is 16.6 Å². The molecule has 4 unspecified atom stereocenters. The molecule has 0 radical (unpaired) electrons. The summed E-state index contributed by atoms with van der Waals surface area (Å²) in [6.07, 6.45) is 15.4. The number of quaternary nitrogens is 1. The molecule has 186 valence electrons. The Balaban J connectivity index is 0.000000294. The first-order chi connectivity index (χ1) is 14.8. The zero-order chi connectivity index (χ0) is 22.5. The number of nitrogens with zero attached hydrogens (tertiary/aromatic N) is 1. The summed E-state index contributed by atoms with van der Waals surface area (Å²) in [6.45, 7) is 2.70. The van der Waals surface area contributed by atoms with Gasteiger partial charge in [0.1, 0.15) is 0 Å². The Labute approximate surface area is 185 Å². The average Bonchev–Trinajstić information content (AvgIpc) is 3.62. The van der Waals surface area contributed by atoms with Gasteiger partial charge in [-0.15, -0.1) is 0 Å². The van der Waals surface area contributed by atoms with Crippen LogP contribution in [0.4, 0.5) is 0 Å². The summed E-state index contributed by atoms with van der Waals surface area (Å²) in [5.74, 6) is 0. The van der Waals surface area contributed by atoms with Crippen molar-refractivity contribution in [3.8, 4) is 0 Å². The average molecular weight is 508 g/mol. The Hall–Kier alpha value is 0.389. The molecule has 0 saturated carbocycles. The molecule has 4 nitrogen and oxygen atoms in total. The first-order valence-corrected chi connectivity index (χ1v) is 21.9. The first-order valence-electron chi connectivity index (χ1n) is 13.8. The van der Waals surface area contributed by atoms with E-state index in [0.29, 0.717) is 6.26 Å². The predicted molar refractivity (Wildman–Crippen MR) is 126 cm³/mol. The van der Waals surface area contributed by atoms with E-state index in [4.69, 9.17) is 13.0 Å². The van der Waals surface area contributed by atoms with Gasteiger partial charge in [-0.1, -0.05) is 19.8 Å². The molecular formula is C26H45FeNO3S. The Morgan fingerprint density at radius 3 is 1.44 bits per heavy atom. The van der Waals surface area contributed by atoms with Gasteiger partial charge in [0.05, 0.1) is 10.1 Å². The van der Waals surface area contributed by atoms with Crippen molar-refractivity contribution in [2.24, 2.45) is 0 Å². The van der Waals surface area contributed by atoms with Crippen LogP contribution in [-0.4, -0.2) is 50.9 Å². The summed E-state index contributed by atoms with van der Waals surface area (Å²) in [5, 5.41) is 0. The van der Waals surface area contributed by atoms with Gasteiger partial charge in [0.15, 0.2) is 0 Å². The molecule has 4 atom stereocenters. The predicted octanol–water partition coefficient (Wildman–Crippen LogP) is 6.90. The summed E-state index contributed by atoms with van der Waals surface area (Å²) < 4.78 is 29.8. The van der Waals surface area contributed by atoms with Gasteiger partial charge in [0, 0.05) is 6.26 Å². The van der Waals surface area contributed by atoms with Crippen molar-refractivity contribution in [2.75, 3.05) is 33.4 Å². The van der Waals surface area contributed by atoms with Crippen molar-refractivity contribution in [1.29, 1.82) is 0 Å². The molecule has 0 aromatic carbocycles. The summed E-state index contributed by atoms with van der Waals surface area (Å²) >= 11 is 0. The Morgan fingerprint density at radius 1 is 0.750 bits per heavy atom. The molecule has 6 heteroatoms. The Kier molecular flexibility index (Phi) is 1.69. The number of fused-ring (bicyclic) bond motifs is 10. The third-order valence-corrected chi connectivity index (χ3v) is 61.7. The third kappa shape index (κ3) is 0.486. The summed E-state index contributed by atoms with van der Waals surface area (Å²) in [5.41, 5.74) is 0. The van der Waals surface area contributed by atoms with Gasteiger partial charge in [-0.2, -0.15) is 0 Å². The van der Waals surface area contributed by atoms with Crippen molar-refractivity contribution in [3.05, 3.63) is 0 Å². The van der Waals surface area contributed by atoms with Crippen molar-refractivity contribution in [3.63, 3.8) is 0 Å². The van der Waals surface area contributed by atoms with E-state index in [1.165, 1.54) is 119 Å². The van der Waals surface area contributed by atoms with Gasteiger partial charge in [0.25, 0.3) is 0 Å². The van der Waals surface area contributed by atoms with Crippen LogP contribution in [0.15, 0.2) is 0 Å². The van der Waals surface area contributed by atoms with Crippen LogP contribution >= 0.6 is 0 Å². The van der Waals surface area contributed by atoms with E-state index in [2.05, 4.69) is 21.0 Å². The molecule has 0 N–H and O–H groups in total. The second-order valence-electron chi connectivity index (χ2n) is 16.5. The van der Waals surface area contributed by atoms with Crippen molar-refractivity contribution < 1.29 is 24.0 Å². The second-order valence-corrected chi connectivity index (χ2v) is 41.6. The zero-order valence-electron chi connectivity index (χ0n) is 20.6. The first kappa shape index (κ1) is 19.6. The van der Waals surface area contributed by atoms with E-state index in [0.717, 1.165) is 4.31 Å². The maximum Gasteiger partial charge on any atom is 0.0916 e. The minimum atomic E-state index is -3.92. The molecule has 10 heterocycles. The van der Waals surface area contributed by atoms with Crippen molar-refractivity contribution in [2.45, 2.75) is 119 Å². The molecule has 32 heavy (non-hydrogen) atoms. The normalized spacial score (nSPS) is 69.5. The van der Waals surface area contributed by atoms with Gasteiger partial charge in [-0.05, 0) is 0 Å². The molecule has 0 aliphatic carbocycles. The number of unbranched alkanes of at least 4 members (excludes halogenated alkanes) is 9. The topological polar surface area (TPSA) is 57.2 Å². The smallest absolute Gasteiger partial charge is 0.0916 e. The fourth-order valence-electron chi connectivity index (χ4n) is 19.8. The van der Waals surface area contributed by atoms with Crippen molar-refractivity contribution in [1.82, 2.24) is 0 Å². The zero-order valence-corrected chi connectivity index (χ0v) is 22.5. The van der Waals surface area contributed by atoms with Crippen LogP contribution in [0.5, 0.6) is 0 Å². The molecule has 10 rings (SSSR count). The van der Waals surface area contributed by atoms with Crippen LogP contribution in [0.1, 0.15) is 71.1 Å². The van der Waals surface area contributed by atoms with Crippen molar-refractivity contribution >= 4 is 10.1 Å². The van der Waals surface area contributed by atoms with E-state index in [1.807, 2.05) is 0 Å². The molecule has 0 aromatic rings. The van der Waals surface area contributed by atoms with Gasteiger partial charge < -0.3 is 4.55 Å². The molecule has 10 fully saturated rings. The van der Waals surface area contributed by atoms with E-state index in [1.54, 1.807) is 6.54 Å². The van der Waals surface area contributed by atoms with Gasteiger partial charge in [-0.25, -0.2) is 8.42 Å². The minimum absolute atomic E-state index is 0.604. The fraction of sp³-hybridized carbons (Fsp3) is 1.00. The third-order valence-electron chi connectivity index (χ3n) is 18.8. The maximum absolute atomic E-state index is 9.08. The van der Waals surface area contributed by atoms with Gasteiger partial charge >= 0.3 is 137 Å². The fourth-order valence-corrected chi connectivity index (χ4v) is 94.8. The number of hydrogen-bond acceptors (Lipinski definition) is 3. The van der Waals surface area contributed by atoms with Crippen LogP contribution in [0.25, 0.3) is 0 Å². The van der Waals surface area contributed by atoms with E-state index >= 15 is 0 Å². The summed E-state index contributed by atoms with van der Waals surface area (Å²) in [6, 6.07) is 0. The largest absolute Gasteiger partial charge is 0.748 e. The molecule has 10 aliphatic rings. The number of hydrogen-bond donors (Lipinski definition) is 0. The molecule has 0 bridgehead atoms. The van der Waals surface area contributed by atoms with Crippen LogP contribution in [0.2, 0.25) is 47.7 Å². The maximum atomic E-state index is 9.08. The Morgan fingerprint density at radius 2 is 1.12 bits per heavy atom. The molecule has 0 aromatic heterocycles. The van der Waals surface area contributed by atoms with Crippen LogP contribution in [0.3, 0.4) is 0 Å². The quantitative estimate of drug-likeness (QED) is 0.118. The van der Waals surface area contributed by atoms with Crippen LogP contribution in [0, 0.1) is 0 Å². The van der Waals surface area contributed by atoms with Crippen LogP contribution in [-0.2, 0) is 16.6 Å². The standard InChI is InChI=1S/C20H37N.C5H5.CH4O3S.Fe/c1-4-5-6-7-8-9-10-11-12-15-18-21(2,3)19-20-16-13-14-17-20;1-2-4-5-3-1;1-5(2,3)4;/h13-14,16-17H,4-12,15,18-19H2,1-3H3;1-5H;1H3,(H,2,3,4);/q+1;;;/p-1. The molecule has 1 spiro atoms.